The maximum Gasteiger partial charge on any atom is 0.490 e. The molecule has 2 fully saturated rings. The van der Waals surface area contributed by atoms with Crippen LogP contribution in [0, 0.1) is 0 Å². The van der Waals surface area contributed by atoms with Crippen LogP contribution in [-0.2, 0) is 14.8 Å². The highest BCUT2D eigenvalue weighted by Crippen LogP contribution is 2.33. The minimum absolute atomic E-state index is 0.204. The zero-order chi connectivity index (χ0) is 30.0. The lowest BCUT2D eigenvalue weighted by atomic mass is 9.84. The van der Waals surface area contributed by atoms with Crippen LogP contribution in [0.5, 0.6) is 0 Å². The molecule has 1 aromatic heterocycles. The molecule has 0 unspecified atom stereocenters. The topological polar surface area (TPSA) is 141 Å². The minimum atomic E-state index is -5.08. The molecule has 0 spiro atoms. The lowest BCUT2D eigenvalue weighted by Crippen LogP contribution is -2.44. The van der Waals surface area contributed by atoms with Crippen molar-refractivity contribution in [3.8, 4) is 0 Å². The van der Waals surface area contributed by atoms with Gasteiger partial charge in [-0.3, -0.25) is 9.52 Å². The third-order valence-electron chi connectivity index (χ3n) is 6.83. The Bertz CT molecular complexity index is 1280. The van der Waals surface area contributed by atoms with Crippen LogP contribution in [0.25, 0.3) is 0 Å². The Labute approximate surface area is 237 Å². The van der Waals surface area contributed by atoms with Crippen LogP contribution in [-0.4, -0.2) is 69.3 Å². The number of aliphatic carboxylic acids is 1. The molecule has 2 heterocycles. The molecule has 4 N–H and O–H groups in total. The summed E-state index contributed by atoms with van der Waals surface area (Å²) in [5.41, 5.74) is 1.86. The number of amides is 1. The molecular formula is C27H36F3N5O5S. The van der Waals surface area contributed by atoms with Gasteiger partial charge >= 0.3 is 12.1 Å². The molecule has 0 radical (unpaired) electrons. The number of anilines is 2. The number of piperazine rings is 1. The van der Waals surface area contributed by atoms with Crippen molar-refractivity contribution in [3.05, 3.63) is 47.7 Å². The summed E-state index contributed by atoms with van der Waals surface area (Å²) in [5.74, 6) is -1.91. The van der Waals surface area contributed by atoms with E-state index in [2.05, 4.69) is 25.2 Å². The van der Waals surface area contributed by atoms with Crippen LogP contribution in [0.4, 0.5) is 24.7 Å². The largest absolute Gasteiger partial charge is 0.490 e. The van der Waals surface area contributed by atoms with E-state index in [4.69, 9.17) is 9.90 Å². The van der Waals surface area contributed by atoms with Gasteiger partial charge in [0.05, 0.1) is 22.3 Å². The van der Waals surface area contributed by atoms with E-state index in [1.54, 1.807) is 18.2 Å². The highest BCUT2D eigenvalue weighted by atomic mass is 32.2. The van der Waals surface area contributed by atoms with Gasteiger partial charge in [0.25, 0.3) is 15.9 Å². The first-order chi connectivity index (χ1) is 19.4. The van der Waals surface area contributed by atoms with E-state index in [9.17, 15) is 26.4 Å². The number of carbonyl (C=O) groups excluding carboxylic acids is 1. The van der Waals surface area contributed by atoms with Gasteiger partial charge in [0.1, 0.15) is 5.82 Å². The van der Waals surface area contributed by atoms with Gasteiger partial charge in [-0.1, -0.05) is 38.3 Å². The predicted molar refractivity (Wildman–Crippen MR) is 149 cm³/mol. The van der Waals surface area contributed by atoms with E-state index in [1.165, 1.54) is 31.0 Å². The van der Waals surface area contributed by atoms with E-state index in [0.717, 1.165) is 45.4 Å². The van der Waals surface area contributed by atoms with Gasteiger partial charge in [-0.15, -0.1) is 0 Å². The molecule has 1 aliphatic carbocycles. The number of benzene rings is 1. The van der Waals surface area contributed by atoms with Crippen molar-refractivity contribution in [2.45, 2.75) is 62.4 Å². The number of nitrogens with zero attached hydrogens (tertiary/aromatic N) is 2. The first-order valence-corrected chi connectivity index (χ1v) is 15.1. The fourth-order valence-electron chi connectivity index (χ4n) is 4.71. The maximum atomic E-state index is 13.1. The van der Waals surface area contributed by atoms with Gasteiger partial charge in [0, 0.05) is 32.7 Å². The summed E-state index contributed by atoms with van der Waals surface area (Å²) in [4.78, 5) is 28.5. The third kappa shape index (κ3) is 9.32. The predicted octanol–water partition coefficient (Wildman–Crippen LogP) is 4.11. The van der Waals surface area contributed by atoms with Crippen molar-refractivity contribution < 1.29 is 36.3 Å². The SMILES string of the molecule is CCCNC(=O)c1cc(NS(=O)(=O)c2ccc(C3CCCCC3)cc2)cnc1N1CCNCC1.O=C(O)C(F)(F)F. The number of carboxylic acid groups (broad SMARTS) is 1. The molecule has 0 atom stereocenters. The Balaban J connectivity index is 0.000000587. The first-order valence-electron chi connectivity index (χ1n) is 13.6. The summed E-state index contributed by atoms with van der Waals surface area (Å²) < 4.78 is 60.5. The van der Waals surface area contributed by atoms with Crippen molar-refractivity contribution in [2.24, 2.45) is 0 Å². The highest BCUT2D eigenvalue weighted by molar-refractivity contribution is 7.92. The van der Waals surface area contributed by atoms with Gasteiger partial charge in [-0.25, -0.2) is 18.2 Å². The summed E-state index contributed by atoms with van der Waals surface area (Å²) in [5, 5.41) is 13.3. The summed E-state index contributed by atoms with van der Waals surface area (Å²) in [7, 11) is -3.80. The first kappa shape index (κ1) is 32.1. The monoisotopic (exact) mass is 599 g/mol. The Hall–Kier alpha value is -3.39. The zero-order valence-corrected chi connectivity index (χ0v) is 23.7. The number of nitrogens with one attached hydrogen (secondary N) is 3. The molecule has 1 saturated carbocycles. The van der Waals surface area contributed by atoms with Gasteiger partial charge in [-0.05, 0) is 48.9 Å². The Morgan fingerprint density at radius 1 is 1.10 bits per heavy atom. The molecule has 10 nitrogen and oxygen atoms in total. The molecule has 1 aliphatic heterocycles. The maximum absolute atomic E-state index is 13.1. The van der Waals surface area contributed by atoms with Crippen LogP contribution in [0.2, 0.25) is 0 Å². The fraction of sp³-hybridized carbons (Fsp3) is 0.519. The molecule has 14 heteroatoms. The molecular weight excluding hydrogens is 563 g/mol. The number of rotatable bonds is 8. The molecule has 1 aromatic carbocycles. The van der Waals surface area contributed by atoms with Crippen LogP contribution in [0.3, 0.4) is 0 Å². The minimum Gasteiger partial charge on any atom is -0.475 e. The van der Waals surface area contributed by atoms with Crippen molar-refractivity contribution in [1.82, 2.24) is 15.6 Å². The van der Waals surface area contributed by atoms with Crippen LogP contribution < -0.4 is 20.3 Å². The molecule has 1 saturated heterocycles. The van der Waals surface area contributed by atoms with Crippen LogP contribution >= 0.6 is 0 Å². The number of sulfonamides is 1. The van der Waals surface area contributed by atoms with Crippen LogP contribution in [0.1, 0.15) is 67.3 Å². The second kappa shape index (κ2) is 14.5. The fourth-order valence-corrected chi connectivity index (χ4v) is 5.75. The number of halogens is 3. The van der Waals surface area contributed by atoms with Crippen molar-refractivity contribution in [2.75, 3.05) is 42.3 Å². The number of hydrogen-bond acceptors (Lipinski definition) is 7. The van der Waals surface area contributed by atoms with Gasteiger partial charge in [-0.2, -0.15) is 13.2 Å². The summed E-state index contributed by atoms with van der Waals surface area (Å²) in [6, 6.07) is 8.79. The molecule has 2 aromatic rings. The highest BCUT2D eigenvalue weighted by Gasteiger charge is 2.38. The number of carbonyl (C=O) groups is 2. The lowest BCUT2D eigenvalue weighted by Gasteiger charge is -2.30. The Morgan fingerprint density at radius 3 is 2.27 bits per heavy atom. The lowest BCUT2D eigenvalue weighted by molar-refractivity contribution is -0.192. The second-order valence-electron chi connectivity index (χ2n) is 9.90. The van der Waals surface area contributed by atoms with Gasteiger partial charge in [0.2, 0.25) is 0 Å². The Kier molecular flexibility index (Phi) is 11.4. The number of hydrogen-bond donors (Lipinski definition) is 4. The van der Waals surface area contributed by atoms with E-state index in [1.807, 2.05) is 19.1 Å². The summed E-state index contributed by atoms with van der Waals surface area (Å²) in [6.45, 7) is 5.62. The quantitative estimate of drug-likeness (QED) is 0.355. The third-order valence-corrected chi connectivity index (χ3v) is 8.22. The molecule has 2 aliphatic rings. The molecule has 226 valence electrons. The number of carboxylic acids is 1. The van der Waals surface area contributed by atoms with Gasteiger partial charge < -0.3 is 20.6 Å². The molecule has 1 amide bonds. The molecule has 4 rings (SSSR count). The summed E-state index contributed by atoms with van der Waals surface area (Å²) in [6.07, 6.45) is 3.30. The van der Waals surface area contributed by atoms with E-state index in [-0.39, 0.29) is 16.5 Å². The van der Waals surface area contributed by atoms with E-state index in [0.29, 0.717) is 23.8 Å². The summed E-state index contributed by atoms with van der Waals surface area (Å²) >= 11 is 0. The van der Waals surface area contributed by atoms with E-state index >= 15 is 0 Å². The van der Waals surface area contributed by atoms with E-state index < -0.39 is 22.2 Å². The average Bonchev–Trinajstić information content (AvgIpc) is 2.96. The Morgan fingerprint density at radius 2 is 1.71 bits per heavy atom. The number of alkyl halides is 3. The molecule has 0 bridgehead atoms. The number of pyridine rings is 1. The zero-order valence-electron chi connectivity index (χ0n) is 22.8. The normalized spacial score (nSPS) is 16.3. The standard InChI is InChI=1S/C25H35N5O3S.C2HF3O2/c1-2-12-27-25(31)23-17-21(18-28-24(23)30-15-13-26-14-16-30)29-34(32,33)22-10-8-20(9-11-22)19-6-4-3-5-7-19;3-2(4,5)1(6)7/h8-11,17-19,26,29H,2-7,12-16H2,1H3,(H,27,31);(H,6,7). The van der Waals surface area contributed by atoms with Crippen molar-refractivity contribution in [3.63, 3.8) is 0 Å². The van der Waals surface area contributed by atoms with Crippen molar-refractivity contribution >= 4 is 33.4 Å². The number of aromatic nitrogens is 1. The van der Waals surface area contributed by atoms with Crippen molar-refractivity contribution in [1.29, 1.82) is 0 Å². The van der Waals surface area contributed by atoms with Gasteiger partial charge in [0.15, 0.2) is 0 Å². The average molecular weight is 600 g/mol. The molecule has 41 heavy (non-hydrogen) atoms. The van der Waals surface area contributed by atoms with Crippen LogP contribution in [0.15, 0.2) is 41.4 Å². The second-order valence-corrected chi connectivity index (χ2v) is 11.6. The smallest absolute Gasteiger partial charge is 0.475 e.